The van der Waals surface area contributed by atoms with E-state index >= 15 is 0 Å². The summed E-state index contributed by atoms with van der Waals surface area (Å²) in [5, 5.41) is 3.08. The molecule has 1 aromatic heterocycles. The van der Waals surface area contributed by atoms with Crippen LogP contribution >= 0.6 is 11.6 Å². The lowest BCUT2D eigenvalue weighted by Crippen LogP contribution is -2.13. The second-order valence-electron chi connectivity index (χ2n) is 5.60. The lowest BCUT2D eigenvalue weighted by atomic mass is 10.0. The molecule has 0 aliphatic carbocycles. The van der Waals surface area contributed by atoms with E-state index < -0.39 is 0 Å². The van der Waals surface area contributed by atoms with Gasteiger partial charge in [-0.05, 0) is 36.7 Å². The number of nitrogens with one attached hydrogen (secondary N) is 2. The van der Waals surface area contributed by atoms with Gasteiger partial charge in [0.25, 0.3) is 0 Å². The quantitative estimate of drug-likeness (QED) is 0.685. The highest BCUT2D eigenvalue weighted by Crippen LogP contribution is 2.19. The van der Waals surface area contributed by atoms with Crippen LogP contribution in [0, 0.1) is 6.92 Å². The summed E-state index contributed by atoms with van der Waals surface area (Å²) in [6.45, 7) is 1.96. The van der Waals surface area contributed by atoms with Crippen LogP contribution in [0.1, 0.15) is 28.8 Å². The minimum absolute atomic E-state index is 0.0408. The number of nitrogens with zero attached hydrogens (tertiary/aromatic N) is 1. The number of aryl methyl sites for hydroxylation is 1. The molecule has 6 heteroatoms. The Kier molecular flexibility index (Phi) is 4.62. The van der Waals surface area contributed by atoms with Gasteiger partial charge in [0.05, 0.1) is 11.0 Å². The molecule has 122 valence electrons. The highest BCUT2D eigenvalue weighted by atomic mass is 35.5. The van der Waals surface area contributed by atoms with Gasteiger partial charge in [-0.25, -0.2) is 4.98 Å². The number of Topliss-reactive ketones (excluding diaryl/α,β-unsaturated/α-hetero) is 1. The maximum atomic E-state index is 12.1. The second kappa shape index (κ2) is 6.84. The van der Waals surface area contributed by atoms with Gasteiger partial charge in [0, 0.05) is 24.1 Å². The molecule has 1 amide bonds. The summed E-state index contributed by atoms with van der Waals surface area (Å²) in [6.07, 6.45) is 0.307. The fourth-order valence-corrected chi connectivity index (χ4v) is 2.58. The average Bonchev–Trinajstić information content (AvgIpc) is 2.92. The Bertz CT molecular complexity index is 900. The standard InChI is InChI=1S/C18H16ClN3O2/c1-11-2-4-12(5-3-11)16(23)8-9-17(24)20-13-6-7-14-15(10-13)22-18(19)21-14/h2-7,10H,8-9H2,1H3,(H,20,24)(H,21,22). The molecule has 0 saturated heterocycles. The van der Waals surface area contributed by atoms with Crippen LogP contribution in [0.25, 0.3) is 11.0 Å². The Morgan fingerprint density at radius 3 is 2.62 bits per heavy atom. The third-order valence-electron chi connectivity index (χ3n) is 3.69. The molecule has 2 N–H and O–H groups in total. The zero-order valence-corrected chi connectivity index (χ0v) is 13.9. The number of carbonyl (C=O) groups excluding carboxylic acids is 2. The number of rotatable bonds is 5. The number of hydrogen-bond donors (Lipinski definition) is 2. The largest absolute Gasteiger partial charge is 0.329 e. The topological polar surface area (TPSA) is 74.8 Å². The third kappa shape index (κ3) is 3.81. The van der Waals surface area contributed by atoms with E-state index in [-0.39, 0.29) is 24.5 Å². The summed E-state index contributed by atoms with van der Waals surface area (Å²) in [5.74, 6) is -0.249. The molecular formula is C18H16ClN3O2. The molecule has 0 fully saturated rings. The number of anilines is 1. The van der Waals surface area contributed by atoms with E-state index in [1.165, 1.54) is 0 Å². The van der Waals surface area contributed by atoms with Crippen LogP contribution in [0.15, 0.2) is 42.5 Å². The predicted octanol–water partition coefficient (Wildman–Crippen LogP) is 4.13. The van der Waals surface area contributed by atoms with Crippen LogP contribution in [0.5, 0.6) is 0 Å². The van der Waals surface area contributed by atoms with Crippen LogP contribution in [0.3, 0.4) is 0 Å². The van der Waals surface area contributed by atoms with Crippen molar-refractivity contribution in [1.82, 2.24) is 9.97 Å². The molecule has 2 aromatic carbocycles. The molecular weight excluding hydrogens is 326 g/mol. The number of imidazole rings is 1. The average molecular weight is 342 g/mol. The lowest BCUT2D eigenvalue weighted by molar-refractivity contribution is -0.116. The van der Waals surface area contributed by atoms with Crippen molar-refractivity contribution in [2.45, 2.75) is 19.8 Å². The summed E-state index contributed by atoms with van der Waals surface area (Å²) in [6, 6.07) is 12.6. The van der Waals surface area contributed by atoms with Gasteiger partial charge in [0.1, 0.15) is 0 Å². The maximum Gasteiger partial charge on any atom is 0.224 e. The Morgan fingerprint density at radius 1 is 1.12 bits per heavy atom. The molecule has 0 bridgehead atoms. The monoisotopic (exact) mass is 341 g/mol. The van der Waals surface area contributed by atoms with Gasteiger partial charge in [-0.15, -0.1) is 0 Å². The lowest BCUT2D eigenvalue weighted by Gasteiger charge is -2.05. The van der Waals surface area contributed by atoms with Crippen molar-refractivity contribution in [3.05, 3.63) is 58.9 Å². The van der Waals surface area contributed by atoms with E-state index in [1.54, 1.807) is 30.3 Å². The molecule has 5 nitrogen and oxygen atoms in total. The Balaban J connectivity index is 1.58. The summed E-state index contributed by atoms with van der Waals surface area (Å²) in [7, 11) is 0. The van der Waals surface area contributed by atoms with Crippen molar-refractivity contribution < 1.29 is 9.59 Å². The van der Waals surface area contributed by atoms with Crippen molar-refractivity contribution >= 4 is 40.0 Å². The van der Waals surface area contributed by atoms with E-state index in [0.29, 0.717) is 16.5 Å². The molecule has 0 radical (unpaired) electrons. The minimum Gasteiger partial charge on any atom is -0.329 e. The van der Waals surface area contributed by atoms with Gasteiger partial charge in [0.15, 0.2) is 5.78 Å². The number of carbonyl (C=O) groups is 2. The highest BCUT2D eigenvalue weighted by molar-refractivity contribution is 6.29. The first-order valence-electron chi connectivity index (χ1n) is 7.56. The van der Waals surface area contributed by atoms with Gasteiger partial charge in [-0.3, -0.25) is 9.59 Å². The van der Waals surface area contributed by atoms with Crippen molar-refractivity contribution in [1.29, 1.82) is 0 Å². The van der Waals surface area contributed by atoms with Crippen LogP contribution in [-0.4, -0.2) is 21.7 Å². The molecule has 24 heavy (non-hydrogen) atoms. The number of amides is 1. The number of aromatic amines is 1. The molecule has 0 unspecified atom stereocenters. The zero-order valence-electron chi connectivity index (χ0n) is 13.1. The molecule has 3 aromatic rings. The van der Waals surface area contributed by atoms with Crippen LogP contribution < -0.4 is 5.32 Å². The first kappa shape index (κ1) is 16.2. The van der Waals surface area contributed by atoms with Crippen molar-refractivity contribution in [2.24, 2.45) is 0 Å². The van der Waals surface area contributed by atoms with Crippen molar-refractivity contribution in [3.8, 4) is 0 Å². The molecule has 1 heterocycles. The van der Waals surface area contributed by atoms with Crippen molar-refractivity contribution in [2.75, 3.05) is 5.32 Å². The number of halogens is 1. The summed E-state index contributed by atoms with van der Waals surface area (Å²) in [5.41, 5.74) is 3.83. The number of H-pyrrole nitrogens is 1. The number of ketones is 1. The maximum absolute atomic E-state index is 12.1. The van der Waals surface area contributed by atoms with Crippen LogP contribution in [0.2, 0.25) is 5.28 Å². The second-order valence-corrected chi connectivity index (χ2v) is 5.95. The number of hydrogen-bond acceptors (Lipinski definition) is 3. The van der Waals surface area contributed by atoms with Gasteiger partial charge in [-0.1, -0.05) is 29.8 Å². The molecule has 0 saturated carbocycles. The predicted molar refractivity (Wildman–Crippen MR) is 94.5 cm³/mol. The first-order chi connectivity index (χ1) is 11.5. The van der Waals surface area contributed by atoms with E-state index in [0.717, 1.165) is 16.6 Å². The fourth-order valence-electron chi connectivity index (χ4n) is 2.39. The summed E-state index contributed by atoms with van der Waals surface area (Å²) >= 11 is 5.80. The van der Waals surface area contributed by atoms with Crippen LogP contribution in [0.4, 0.5) is 5.69 Å². The first-order valence-corrected chi connectivity index (χ1v) is 7.94. The highest BCUT2D eigenvalue weighted by Gasteiger charge is 2.10. The normalized spacial score (nSPS) is 10.8. The van der Waals surface area contributed by atoms with Crippen LogP contribution in [-0.2, 0) is 4.79 Å². The Morgan fingerprint density at radius 2 is 1.88 bits per heavy atom. The van der Waals surface area contributed by atoms with E-state index in [2.05, 4.69) is 15.3 Å². The molecule has 3 rings (SSSR count). The SMILES string of the molecule is Cc1ccc(C(=O)CCC(=O)Nc2ccc3nc(Cl)[nH]c3c2)cc1. The Hall–Kier alpha value is -2.66. The van der Waals surface area contributed by atoms with Gasteiger partial charge < -0.3 is 10.3 Å². The fraction of sp³-hybridized carbons (Fsp3) is 0.167. The van der Waals surface area contributed by atoms with Gasteiger partial charge in [0.2, 0.25) is 11.2 Å². The summed E-state index contributed by atoms with van der Waals surface area (Å²) in [4.78, 5) is 31.1. The summed E-state index contributed by atoms with van der Waals surface area (Å²) < 4.78 is 0. The minimum atomic E-state index is -0.208. The number of fused-ring (bicyclic) bond motifs is 1. The van der Waals surface area contributed by atoms with Crippen molar-refractivity contribution in [3.63, 3.8) is 0 Å². The Labute approximate surface area is 144 Å². The number of benzene rings is 2. The van der Waals surface area contributed by atoms with E-state index in [4.69, 9.17) is 11.6 Å². The molecule has 0 spiro atoms. The van der Waals surface area contributed by atoms with E-state index in [9.17, 15) is 9.59 Å². The van der Waals surface area contributed by atoms with E-state index in [1.807, 2.05) is 19.1 Å². The zero-order chi connectivity index (χ0) is 17.1. The molecule has 0 aliphatic rings. The number of aromatic nitrogens is 2. The van der Waals surface area contributed by atoms with Gasteiger partial charge in [-0.2, -0.15) is 0 Å². The smallest absolute Gasteiger partial charge is 0.224 e. The molecule has 0 atom stereocenters. The molecule has 0 aliphatic heterocycles. The van der Waals surface area contributed by atoms with Gasteiger partial charge >= 0.3 is 0 Å². The third-order valence-corrected chi connectivity index (χ3v) is 3.87.